The lowest BCUT2D eigenvalue weighted by Gasteiger charge is -2.07. The molecule has 0 aliphatic rings. The third-order valence-electron chi connectivity index (χ3n) is 2.49. The molecule has 0 unspecified atom stereocenters. The summed E-state index contributed by atoms with van der Waals surface area (Å²) in [6, 6.07) is 7.83. The Morgan fingerprint density at radius 3 is 3.00 bits per heavy atom. The number of hydrogen-bond acceptors (Lipinski definition) is 3. The molecule has 1 heterocycles. The van der Waals surface area contributed by atoms with Crippen molar-refractivity contribution in [3.8, 4) is 17.6 Å². The number of nitrogens with zero attached hydrogens (tertiary/aromatic N) is 2. The van der Waals surface area contributed by atoms with Crippen molar-refractivity contribution in [2.24, 2.45) is 5.73 Å². The van der Waals surface area contributed by atoms with E-state index in [0.29, 0.717) is 13.1 Å². The predicted octanol–water partition coefficient (Wildman–Crippen LogP) is 1.25. The molecule has 2 N–H and O–H groups in total. The largest absolute Gasteiger partial charge is 0.495 e. The van der Waals surface area contributed by atoms with Crippen LogP contribution in [0.15, 0.2) is 36.7 Å². The summed E-state index contributed by atoms with van der Waals surface area (Å²) in [5.74, 6) is 6.62. The first-order chi connectivity index (χ1) is 8.83. The van der Waals surface area contributed by atoms with E-state index < -0.39 is 0 Å². The zero-order valence-corrected chi connectivity index (χ0v) is 10.3. The van der Waals surface area contributed by atoms with Crippen LogP contribution in [-0.4, -0.2) is 23.4 Å². The molecule has 92 valence electrons. The fourth-order valence-corrected chi connectivity index (χ4v) is 1.68. The summed E-state index contributed by atoms with van der Waals surface area (Å²) in [6.45, 7) is 1.06. The summed E-state index contributed by atoms with van der Waals surface area (Å²) < 4.78 is 7.13. The van der Waals surface area contributed by atoms with Gasteiger partial charge >= 0.3 is 0 Å². The van der Waals surface area contributed by atoms with E-state index in [9.17, 15) is 0 Å². The van der Waals surface area contributed by atoms with Crippen LogP contribution in [0, 0.1) is 11.8 Å². The molecule has 4 nitrogen and oxygen atoms in total. The average Bonchev–Trinajstić information content (AvgIpc) is 2.89. The van der Waals surface area contributed by atoms with E-state index >= 15 is 0 Å². The van der Waals surface area contributed by atoms with E-state index in [4.69, 9.17) is 10.5 Å². The minimum atomic E-state index is 0.340. The van der Waals surface area contributed by atoms with Crippen molar-refractivity contribution in [2.75, 3.05) is 13.7 Å². The van der Waals surface area contributed by atoms with Gasteiger partial charge in [-0.05, 0) is 23.8 Å². The van der Waals surface area contributed by atoms with Gasteiger partial charge in [0, 0.05) is 12.4 Å². The number of methoxy groups -OCH3 is 1. The summed E-state index contributed by atoms with van der Waals surface area (Å²) >= 11 is 0. The fourth-order valence-electron chi connectivity index (χ4n) is 1.68. The monoisotopic (exact) mass is 241 g/mol. The zero-order chi connectivity index (χ0) is 12.8. The minimum absolute atomic E-state index is 0.340. The molecule has 0 saturated carbocycles. The van der Waals surface area contributed by atoms with Gasteiger partial charge in [-0.1, -0.05) is 17.9 Å². The molecule has 0 saturated heterocycles. The summed E-state index contributed by atoms with van der Waals surface area (Å²) in [7, 11) is 1.64. The highest BCUT2D eigenvalue weighted by atomic mass is 16.5. The quantitative estimate of drug-likeness (QED) is 0.823. The van der Waals surface area contributed by atoms with Crippen LogP contribution in [0.1, 0.15) is 11.1 Å². The van der Waals surface area contributed by atoms with Gasteiger partial charge in [0.05, 0.1) is 25.8 Å². The molecule has 4 heteroatoms. The zero-order valence-electron chi connectivity index (χ0n) is 10.3. The molecule has 0 aliphatic carbocycles. The smallest absolute Gasteiger partial charge is 0.134 e. The lowest BCUT2D eigenvalue weighted by molar-refractivity contribution is 0.413. The molecule has 0 aliphatic heterocycles. The van der Waals surface area contributed by atoms with Gasteiger partial charge in [0.1, 0.15) is 5.75 Å². The van der Waals surface area contributed by atoms with Gasteiger partial charge in [-0.3, -0.25) is 4.68 Å². The number of ether oxygens (including phenoxy) is 1. The topological polar surface area (TPSA) is 53.1 Å². The average molecular weight is 241 g/mol. The Morgan fingerprint density at radius 1 is 1.44 bits per heavy atom. The summed E-state index contributed by atoms with van der Waals surface area (Å²) in [6.07, 6.45) is 3.69. The maximum absolute atomic E-state index is 5.39. The highest BCUT2D eigenvalue weighted by Gasteiger charge is 2.02. The molecule has 2 aromatic rings. The molecule has 0 bridgehead atoms. The second-order valence-corrected chi connectivity index (χ2v) is 3.74. The van der Waals surface area contributed by atoms with Crippen molar-refractivity contribution in [3.63, 3.8) is 0 Å². The van der Waals surface area contributed by atoms with Gasteiger partial charge in [-0.15, -0.1) is 0 Å². The molecule has 0 amide bonds. The van der Waals surface area contributed by atoms with E-state index in [-0.39, 0.29) is 0 Å². The summed E-state index contributed by atoms with van der Waals surface area (Å²) in [5, 5.41) is 4.18. The molecule has 0 spiro atoms. The van der Waals surface area contributed by atoms with Crippen LogP contribution < -0.4 is 10.5 Å². The Morgan fingerprint density at radius 2 is 2.33 bits per heavy atom. The first kappa shape index (κ1) is 12.2. The van der Waals surface area contributed by atoms with Crippen LogP contribution in [0.3, 0.4) is 0 Å². The van der Waals surface area contributed by atoms with Crippen molar-refractivity contribution in [2.45, 2.75) is 6.54 Å². The first-order valence-electron chi connectivity index (χ1n) is 5.67. The summed E-state index contributed by atoms with van der Waals surface area (Å²) in [4.78, 5) is 0. The summed E-state index contributed by atoms with van der Waals surface area (Å²) in [5.41, 5.74) is 7.37. The predicted molar refractivity (Wildman–Crippen MR) is 70.3 cm³/mol. The van der Waals surface area contributed by atoms with Crippen molar-refractivity contribution in [1.82, 2.24) is 9.78 Å². The Labute approximate surface area is 106 Å². The Balaban J connectivity index is 2.27. The van der Waals surface area contributed by atoms with Crippen LogP contribution >= 0.6 is 0 Å². The first-order valence-corrected chi connectivity index (χ1v) is 5.67. The standard InChI is InChI=1S/C14H15N3O/c1-18-14-6-5-12(10-13(14)4-2-7-15)11-17-9-3-8-16-17/h3,5-6,8-10H,7,11,15H2,1H3. The molecule has 18 heavy (non-hydrogen) atoms. The van der Waals surface area contributed by atoms with Crippen LogP contribution in [0.4, 0.5) is 0 Å². The number of benzene rings is 1. The SMILES string of the molecule is COc1ccc(Cn2cccn2)cc1C#CCN. The lowest BCUT2D eigenvalue weighted by atomic mass is 10.1. The van der Waals surface area contributed by atoms with Crippen molar-refractivity contribution in [1.29, 1.82) is 0 Å². The van der Waals surface area contributed by atoms with Gasteiger partial charge in [0.25, 0.3) is 0 Å². The highest BCUT2D eigenvalue weighted by Crippen LogP contribution is 2.19. The maximum atomic E-state index is 5.39. The second kappa shape index (κ2) is 5.89. The van der Waals surface area contributed by atoms with E-state index in [1.165, 1.54) is 0 Å². The lowest BCUT2D eigenvalue weighted by Crippen LogP contribution is -2.01. The molecular weight excluding hydrogens is 226 g/mol. The van der Waals surface area contributed by atoms with Crippen molar-refractivity contribution in [3.05, 3.63) is 47.8 Å². The minimum Gasteiger partial charge on any atom is -0.495 e. The molecular formula is C14H15N3O. The van der Waals surface area contributed by atoms with E-state index in [1.807, 2.05) is 35.1 Å². The van der Waals surface area contributed by atoms with Crippen molar-refractivity contribution >= 4 is 0 Å². The van der Waals surface area contributed by atoms with Gasteiger partial charge in [0.15, 0.2) is 0 Å². The molecule has 1 aromatic carbocycles. The molecule has 2 rings (SSSR count). The Kier molecular flexibility index (Phi) is 4.00. The van der Waals surface area contributed by atoms with Crippen LogP contribution in [0.25, 0.3) is 0 Å². The number of rotatable bonds is 3. The third-order valence-corrected chi connectivity index (χ3v) is 2.49. The number of nitrogens with two attached hydrogens (primary N) is 1. The van der Waals surface area contributed by atoms with Crippen molar-refractivity contribution < 1.29 is 4.74 Å². The second-order valence-electron chi connectivity index (χ2n) is 3.74. The van der Waals surface area contributed by atoms with E-state index in [0.717, 1.165) is 16.9 Å². The van der Waals surface area contributed by atoms with Crippen LogP contribution in [0.5, 0.6) is 5.75 Å². The van der Waals surface area contributed by atoms with E-state index in [2.05, 4.69) is 16.9 Å². The van der Waals surface area contributed by atoms with Crippen LogP contribution in [-0.2, 0) is 6.54 Å². The normalized spacial score (nSPS) is 9.67. The van der Waals surface area contributed by atoms with Gasteiger partial charge in [-0.25, -0.2) is 0 Å². The molecule has 0 fully saturated rings. The van der Waals surface area contributed by atoms with Gasteiger partial charge in [0.2, 0.25) is 0 Å². The third kappa shape index (κ3) is 2.90. The number of aromatic nitrogens is 2. The van der Waals surface area contributed by atoms with Gasteiger partial charge in [-0.2, -0.15) is 5.10 Å². The number of hydrogen-bond donors (Lipinski definition) is 1. The Hall–Kier alpha value is -2.25. The molecule has 1 aromatic heterocycles. The highest BCUT2D eigenvalue weighted by molar-refractivity contribution is 5.48. The van der Waals surface area contributed by atoms with Gasteiger partial charge < -0.3 is 10.5 Å². The Bertz CT molecular complexity index is 564. The maximum Gasteiger partial charge on any atom is 0.134 e. The fraction of sp³-hybridized carbons (Fsp3) is 0.214. The van der Waals surface area contributed by atoms with E-state index in [1.54, 1.807) is 13.3 Å². The molecule has 0 atom stereocenters. The van der Waals surface area contributed by atoms with Crippen LogP contribution in [0.2, 0.25) is 0 Å². The molecule has 0 radical (unpaired) electrons.